The van der Waals surface area contributed by atoms with Gasteiger partial charge >= 0.3 is 0 Å². The van der Waals surface area contributed by atoms with Gasteiger partial charge in [0.2, 0.25) is 0 Å². The van der Waals surface area contributed by atoms with Crippen LogP contribution < -0.4 is 0 Å². The summed E-state index contributed by atoms with van der Waals surface area (Å²) in [5.41, 5.74) is 2.18. The molecule has 0 aromatic heterocycles. The van der Waals surface area contributed by atoms with Crippen LogP contribution in [-0.4, -0.2) is 11.4 Å². The lowest BCUT2D eigenvalue weighted by molar-refractivity contribution is 0.112. The van der Waals surface area contributed by atoms with Gasteiger partial charge in [0.05, 0.1) is 0 Å². The molecule has 0 spiro atoms. The first-order valence-electron chi connectivity index (χ1n) is 6.15. The highest BCUT2D eigenvalue weighted by atomic mass is 19.1. The molecule has 3 aromatic carbocycles. The second kappa shape index (κ2) is 4.78. The summed E-state index contributed by atoms with van der Waals surface area (Å²) in [7, 11) is 0. The lowest BCUT2D eigenvalue weighted by atomic mass is 10.00. The van der Waals surface area contributed by atoms with Gasteiger partial charge in [-0.1, -0.05) is 30.3 Å². The zero-order chi connectivity index (χ0) is 14.1. The smallest absolute Gasteiger partial charge is 0.165 e. The first kappa shape index (κ1) is 12.4. The molecule has 0 aliphatic heterocycles. The van der Waals surface area contributed by atoms with E-state index in [0.717, 1.165) is 22.6 Å². The van der Waals surface area contributed by atoms with Crippen LogP contribution in [0.5, 0.6) is 5.75 Å². The van der Waals surface area contributed by atoms with Crippen molar-refractivity contribution in [1.29, 1.82) is 0 Å². The molecular formula is C17H11FO2. The Kier molecular flexibility index (Phi) is 2.95. The predicted molar refractivity (Wildman–Crippen MR) is 76.4 cm³/mol. The molecular weight excluding hydrogens is 255 g/mol. The largest absolute Gasteiger partial charge is 0.505 e. The quantitative estimate of drug-likeness (QED) is 0.707. The van der Waals surface area contributed by atoms with Gasteiger partial charge in [0.25, 0.3) is 0 Å². The molecule has 3 aromatic rings. The zero-order valence-corrected chi connectivity index (χ0v) is 10.5. The monoisotopic (exact) mass is 266 g/mol. The minimum absolute atomic E-state index is 0.356. The molecule has 0 aliphatic rings. The van der Waals surface area contributed by atoms with E-state index in [4.69, 9.17) is 0 Å². The molecule has 0 radical (unpaired) electrons. The summed E-state index contributed by atoms with van der Waals surface area (Å²) in [6, 6.07) is 15.4. The van der Waals surface area contributed by atoms with Crippen LogP contribution in [0.1, 0.15) is 10.4 Å². The van der Waals surface area contributed by atoms with Crippen molar-refractivity contribution in [3.05, 3.63) is 66.0 Å². The lowest BCUT2D eigenvalue weighted by Gasteiger charge is -2.06. The molecule has 0 amide bonds. The number of hydrogen-bond donors (Lipinski definition) is 1. The molecule has 0 atom stereocenters. The molecule has 1 N–H and O–H groups in total. The molecule has 0 saturated carbocycles. The number of rotatable bonds is 2. The number of phenols is 1. The van der Waals surface area contributed by atoms with Crippen molar-refractivity contribution < 1.29 is 14.3 Å². The number of carbonyl (C=O) groups is 1. The Morgan fingerprint density at radius 1 is 0.850 bits per heavy atom. The van der Waals surface area contributed by atoms with E-state index >= 15 is 0 Å². The molecule has 0 heterocycles. The Balaban J connectivity index is 2.12. The second-order valence-electron chi connectivity index (χ2n) is 4.61. The number of carbonyl (C=O) groups excluding carboxylic acids is 1. The Morgan fingerprint density at radius 2 is 1.50 bits per heavy atom. The van der Waals surface area contributed by atoms with Gasteiger partial charge in [0, 0.05) is 5.56 Å². The van der Waals surface area contributed by atoms with E-state index in [1.54, 1.807) is 12.1 Å². The van der Waals surface area contributed by atoms with E-state index in [9.17, 15) is 14.3 Å². The third-order valence-corrected chi connectivity index (χ3v) is 3.28. The number of halogens is 1. The fraction of sp³-hybridized carbons (Fsp3) is 0. The van der Waals surface area contributed by atoms with Crippen LogP contribution in [0.25, 0.3) is 21.9 Å². The van der Waals surface area contributed by atoms with Crippen molar-refractivity contribution in [3.63, 3.8) is 0 Å². The molecule has 2 nitrogen and oxygen atoms in total. The summed E-state index contributed by atoms with van der Waals surface area (Å²) < 4.78 is 13.4. The van der Waals surface area contributed by atoms with E-state index in [-0.39, 0.29) is 5.75 Å². The highest BCUT2D eigenvalue weighted by Gasteiger charge is 2.05. The van der Waals surface area contributed by atoms with E-state index < -0.39 is 5.82 Å². The summed E-state index contributed by atoms with van der Waals surface area (Å²) in [5.74, 6) is -0.996. The summed E-state index contributed by atoms with van der Waals surface area (Å²) in [5, 5.41) is 11.1. The SMILES string of the molecule is O=Cc1ccc2cc(-c3ccc(O)c(F)c3)ccc2c1. The number of hydrogen-bond acceptors (Lipinski definition) is 2. The molecule has 3 heteroatoms. The van der Waals surface area contributed by atoms with Crippen LogP contribution in [0, 0.1) is 5.82 Å². The molecule has 0 aliphatic carbocycles. The maximum absolute atomic E-state index is 13.4. The standard InChI is InChI=1S/C17H11FO2/c18-16-9-15(5-6-17(16)20)14-4-3-12-7-11(10-19)1-2-13(12)8-14/h1-10,20H. The number of aromatic hydroxyl groups is 1. The maximum Gasteiger partial charge on any atom is 0.165 e. The molecule has 3 rings (SSSR count). The Morgan fingerprint density at radius 3 is 2.25 bits per heavy atom. The van der Waals surface area contributed by atoms with E-state index in [1.165, 1.54) is 12.1 Å². The second-order valence-corrected chi connectivity index (χ2v) is 4.61. The Bertz CT molecular complexity index is 809. The molecule has 20 heavy (non-hydrogen) atoms. The maximum atomic E-state index is 13.4. The normalized spacial score (nSPS) is 10.7. The van der Waals surface area contributed by atoms with Crippen LogP contribution in [0.2, 0.25) is 0 Å². The third-order valence-electron chi connectivity index (χ3n) is 3.28. The van der Waals surface area contributed by atoms with Crippen molar-refractivity contribution in [2.75, 3.05) is 0 Å². The van der Waals surface area contributed by atoms with E-state index in [2.05, 4.69) is 0 Å². The fourth-order valence-corrected chi connectivity index (χ4v) is 2.20. The van der Waals surface area contributed by atoms with Crippen LogP contribution in [0.15, 0.2) is 54.6 Å². The summed E-state index contributed by atoms with van der Waals surface area (Å²) in [6.07, 6.45) is 0.808. The molecule has 0 fully saturated rings. The number of fused-ring (bicyclic) bond motifs is 1. The fourth-order valence-electron chi connectivity index (χ4n) is 2.20. The van der Waals surface area contributed by atoms with Gasteiger partial charge in [0.15, 0.2) is 11.6 Å². The van der Waals surface area contributed by atoms with Gasteiger partial charge < -0.3 is 5.11 Å². The topological polar surface area (TPSA) is 37.3 Å². The van der Waals surface area contributed by atoms with Crippen molar-refractivity contribution >= 4 is 17.1 Å². The summed E-state index contributed by atoms with van der Waals surface area (Å²) in [4.78, 5) is 10.7. The van der Waals surface area contributed by atoms with Gasteiger partial charge in [-0.15, -0.1) is 0 Å². The van der Waals surface area contributed by atoms with E-state index in [1.807, 2.05) is 30.3 Å². The Labute approximate surface area is 115 Å². The van der Waals surface area contributed by atoms with Gasteiger partial charge in [0.1, 0.15) is 6.29 Å². The number of aldehydes is 1. The van der Waals surface area contributed by atoms with Crippen molar-refractivity contribution in [1.82, 2.24) is 0 Å². The van der Waals surface area contributed by atoms with Crippen molar-refractivity contribution in [2.45, 2.75) is 0 Å². The van der Waals surface area contributed by atoms with Crippen LogP contribution in [-0.2, 0) is 0 Å². The van der Waals surface area contributed by atoms with Gasteiger partial charge in [-0.3, -0.25) is 4.79 Å². The van der Waals surface area contributed by atoms with Crippen LogP contribution in [0.3, 0.4) is 0 Å². The van der Waals surface area contributed by atoms with Crippen LogP contribution >= 0.6 is 0 Å². The third kappa shape index (κ3) is 2.14. The van der Waals surface area contributed by atoms with Gasteiger partial charge in [-0.25, -0.2) is 4.39 Å². The predicted octanol–water partition coefficient (Wildman–Crippen LogP) is 4.16. The summed E-state index contributed by atoms with van der Waals surface area (Å²) in [6.45, 7) is 0. The van der Waals surface area contributed by atoms with Gasteiger partial charge in [-0.2, -0.15) is 0 Å². The lowest BCUT2D eigenvalue weighted by Crippen LogP contribution is -1.84. The average Bonchev–Trinajstić information content (AvgIpc) is 2.49. The highest BCUT2D eigenvalue weighted by molar-refractivity contribution is 5.91. The minimum Gasteiger partial charge on any atom is -0.505 e. The van der Waals surface area contributed by atoms with Gasteiger partial charge in [-0.05, 0) is 46.2 Å². The average molecular weight is 266 g/mol. The number of benzene rings is 3. The first-order chi connectivity index (χ1) is 9.67. The van der Waals surface area contributed by atoms with Crippen LogP contribution in [0.4, 0.5) is 4.39 Å². The zero-order valence-electron chi connectivity index (χ0n) is 10.5. The first-order valence-corrected chi connectivity index (χ1v) is 6.15. The molecule has 0 bridgehead atoms. The number of phenolic OH excluding ortho intramolecular Hbond substituents is 1. The summed E-state index contributed by atoms with van der Waals surface area (Å²) >= 11 is 0. The molecule has 0 unspecified atom stereocenters. The minimum atomic E-state index is -0.640. The van der Waals surface area contributed by atoms with E-state index in [0.29, 0.717) is 11.1 Å². The highest BCUT2D eigenvalue weighted by Crippen LogP contribution is 2.28. The Hall–Kier alpha value is -2.68. The molecule has 98 valence electrons. The van der Waals surface area contributed by atoms with Crippen molar-refractivity contribution in [2.24, 2.45) is 0 Å². The van der Waals surface area contributed by atoms with Crippen molar-refractivity contribution in [3.8, 4) is 16.9 Å². The molecule has 0 saturated heterocycles.